The number of amides is 1. The van der Waals surface area contributed by atoms with Crippen molar-refractivity contribution in [2.75, 3.05) is 20.3 Å². The number of hydrogen-bond donors (Lipinski definition) is 1. The Labute approximate surface area is 180 Å². The number of sulfone groups is 1. The highest BCUT2D eigenvalue weighted by atomic mass is 32.2. The molecule has 2 aromatic carbocycles. The summed E-state index contributed by atoms with van der Waals surface area (Å²) in [5, 5.41) is 3.69. The quantitative estimate of drug-likeness (QED) is 0.536. The number of carbonyl (C=O) groups excluding carboxylic acids is 1. The molecule has 3 rings (SSSR count). The lowest BCUT2D eigenvalue weighted by Gasteiger charge is -2.18. The van der Waals surface area contributed by atoms with Crippen LogP contribution in [0.2, 0.25) is 0 Å². The Morgan fingerprint density at radius 2 is 1.70 bits per heavy atom. The van der Waals surface area contributed by atoms with Crippen LogP contribution in [0, 0.1) is 0 Å². The molecule has 30 heavy (non-hydrogen) atoms. The number of nitrogens with one attached hydrogen (secondary N) is 1. The second-order valence-corrected chi connectivity index (χ2v) is 9.50. The molecule has 0 radical (unpaired) electrons. The van der Waals surface area contributed by atoms with E-state index in [0.717, 1.165) is 0 Å². The summed E-state index contributed by atoms with van der Waals surface area (Å²) < 4.78 is 37.1. The standard InChI is InChI=1S/C22H23NO5S2/c1-3-28-18-8-6-16(7-9-18)22(24)23-15-21(20-5-4-14-29-20)30(25,26)19-12-10-17(27-2)11-13-19/h4-14,21H,3,15H2,1-2H3,(H,23,24)/t21-/m1/s1. The van der Waals surface area contributed by atoms with E-state index < -0.39 is 15.1 Å². The minimum atomic E-state index is -3.72. The van der Waals surface area contributed by atoms with Crippen molar-refractivity contribution in [2.24, 2.45) is 0 Å². The minimum Gasteiger partial charge on any atom is -0.497 e. The molecule has 0 saturated heterocycles. The van der Waals surface area contributed by atoms with Crippen LogP contribution in [0.4, 0.5) is 0 Å². The molecular weight excluding hydrogens is 422 g/mol. The smallest absolute Gasteiger partial charge is 0.251 e. The van der Waals surface area contributed by atoms with Crippen LogP contribution in [0.1, 0.15) is 27.4 Å². The summed E-state index contributed by atoms with van der Waals surface area (Å²) in [6.07, 6.45) is 0. The van der Waals surface area contributed by atoms with Gasteiger partial charge in [-0.3, -0.25) is 4.79 Å². The summed E-state index contributed by atoms with van der Waals surface area (Å²) in [5.41, 5.74) is 0.435. The number of ether oxygens (including phenoxy) is 2. The van der Waals surface area contributed by atoms with Gasteiger partial charge in [-0.1, -0.05) is 6.07 Å². The molecule has 158 valence electrons. The Morgan fingerprint density at radius 1 is 1.03 bits per heavy atom. The monoisotopic (exact) mass is 445 g/mol. The first-order chi connectivity index (χ1) is 14.5. The third kappa shape index (κ3) is 5.01. The molecule has 6 nitrogen and oxygen atoms in total. The average molecular weight is 446 g/mol. The second-order valence-electron chi connectivity index (χ2n) is 6.39. The van der Waals surface area contributed by atoms with Crippen LogP contribution in [0.5, 0.6) is 11.5 Å². The zero-order chi connectivity index (χ0) is 21.6. The van der Waals surface area contributed by atoms with E-state index in [2.05, 4.69) is 5.32 Å². The fourth-order valence-electron chi connectivity index (χ4n) is 2.92. The normalized spacial score (nSPS) is 12.2. The molecule has 0 fully saturated rings. The molecule has 0 aliphatic carbocycles. The maximum absolute atomic E-state index is 13.3. The van der Waals surface area contributed by atoms with Gasteiger partial charge in [-0.25, -0.2) is 8.42 Å². The van der Waals surface area contributed by atoms with Crippen LogP contribution >= 0.6 is 11.3 Å². The van der Waals surface area contributed by atoms with Gasteiger partial charge in [0.2, 0.25) is 0 Å². The summed E-state index contributed by atoms with van der Waals surface area (Å²) in [4.78, 5) is 13.4. The molecule has 0 unspecified atom stereocenters. The van der Waals surface area contributed by atoms with Crippen molar-refractivity contribution in [2.45, 2.75) is 17.1 Å². The Hall–Kier alpha value is -2.84. The summed E-state index contributed by atoms with van der Waals surface area (Å²) in [7, 11) is -2.20. The zero-order valence-corrected chi connectivity index (χ0v) is 18.3. The van der Waals surface area contributed by atoms with Gasteiger partial charge in [-0.15, -0.1) is 11.3 Å². The summed E-state index contributed by atoms with van der Waals surface area (Å²) >= 11 is 1.34. The van der Waals surface area contributed by atoms with Gasteiger partial charge in [0.05, 0.1) is 18.6 Å². The number of carbonyl (C=O) groups is 1. The van der Waals surface area contributed by atoms with E-state index in [-0.39, 0.29) is 17.3 Å². The fourth-order valence-corrected chi connectivity index (χ4v) is 5.71. The number of methoxy groups -OCH3 is 1. The molecular formula is C22H23NO5S2. The van der Waals surface area contributed by atoms with Crippen molar-refractivity contribution in [3.05, 3.63) is 76.5 Å². The van der Waals surface area contributed by atoms with Crippen molar-refractivity contribution < 1.29 is 22.7 Å². The maximum atomic E-state index is 13.3. The largest absolute Gasteiger partial charge is 0.497 e. The van der Waals surface area contributed by atoms with Crippen molar-refractivity contribution in [1.29, 1.82) is 0 Å². The lowest BCUT2D eigenvalue weighted by atomic mass is 10.2. The third-order valence-corrected chi connectivity index (χ3v) is 7.73. The maximum Gasteiger partial charge on any atom is 0.251 e. The molecule has 1 atom stereocenters. The lowest BCUT2D eigenvalue weighted by molar-refractivity contribution is 0.0953. The highest BCUT2D eigenvalue weighted by Gasteiger charge is 2.30. The van der Waals surface area contributed by atoms with E-state index in [0.29, 0.717) is 28.5 Å². The summed E-state index contributed by atoms with van der Waals surface area (Å²) in [5.74, 6) is 0.905. The molecule has 0 aliphatic heterocycles. The third-order valence-electron chi connectivity index (χ3n) is 4.50. The van der Waals surface area contributed by atoms with Gasteiger partial charge in [0, 0.05) is 17.0 Å². The van der Waals surface area contributed by atoms with E-state index in [1.54, 1.807) is 48.5 Å². The molecule has 0 bridgehead atoms. The van der Waals surface area contributed by atoms with Crippen LogP contribution in [0.25, 0.3) is 0 Å². The van der Waals surface area contributed by atoms with Crippen LogP contribution in [0.3, 0.4) is 0 Å². The van der Waals surface area contributed by atoms with Gasteiger partial charge in [0.25, 0.3) is 5.91 Å². The van der Waals surface area contributed by atoms with Crippen LogP contribution < -0.4 is 14.8 Å². The first kappa shape index (κ1) is 21.9. The number of benzene rings is 2. The number of thiophene rings is 1. The zero-order valence-electron chi connectivity index (χ0n) is 16.7. The molecule has 1 aromatic heterocycles. The SMILES string of the molecule is CCOc1ccc(C(=O)NC[C@H](c2cccs2)S(=O)(=O)c2ccc(OC)cc2)cc1. The minimum absolute atomic E-state index is 0.0408. The molecule has 1 N–H and O–H groups in total. The van der Waals surface area contributed by atoms with Crippen LogP contribution in [-0.4, -0.2) is 34.6 Å². The topological polar surface area (TPSA) is 81.7 Å². The van der Waals surface area contributed by atoms with Crippen molar-refractivity contribution in [3.8, 4) is 11.5 Å². The van der Waals surface area contributed by atoms with Crippen molar-refractivity contribution in [3.63, 3.8) is 0 Å². The van der Waals surface area contributed by atoms with Gasteiger partial charge in [-0.05, 0) is 66.9 Å². The highest BCUT2D eigenvalue weighted by Crippen LogP contribution is 2.32. The first-order valence-electron chi connectivity index (χ1n) is 9.38. The first-order valence-corrected chi connectivity index (χ1v) is 11.8. The number of hydrogen-bond acceptors (Lipinski definition) is 6. The van der Waals surface area contributed by atoms with Crippen LogP contribution in [0.15, 0.2) is 70.9 Å². The molecule has 0 aliphatic rings. The second kappa shape index (κ2) is 9.77. The van der Waals surface area contributed by atoms with Gasteiger partial charge in [0.15, 0.2) is 9.84 Å². The molecule has 3 aromatic rings. The molecule has 8 heteroatoms. The van der Waals surface area contributed by atoms with E-state index in [4.69, 9.17) is 9.47 Å². The predicted molar refractivity (Wildman–Crippen MR) is 117 cm³/mol. The Kier molecular flexibility index (Phi) is 7.12. The van der Waals surface area contributed by atoms with Gasteiger partial charge >= 0.3 is 0 Å². The Balaban J connectivity index is 1.80. The lowest BCUT2D eigenvalue weighted by Crippen LogP contribution is -2.31. The molecule has 1 heterocycles. The molecule has 0 saturated carbocycles. The Morgan fingerprint density at radius 3 is 2.27 bits per heavy atom. The van der Waals surface area contributed by atoms with E-state index in [1.807, 2.05) is 12.3 Å². The van der Waals surface area contributed by atoms with Gasteiger partial charge < -0.3 is 14.8 Å². The van der Waals surface area contributed by atoms with Gasteiger partial charge in [-0.2, -0.15) is 0 Å². The molecule has 0 spiro atoms. The average Bonchev–Trinajstić information content (AvgIpc) is 3.29. The van der Waals surface area contributed by atoms with Crippen molar-refractivity contribution >= 4 is 27.1 Å². The Bertz CT molecular complexity index is 1060. The summed E-state index contributed by atoms with van der Waals surface area (Å²) in [6.45, 7) is 2.38. The van der Waals surface area contributed by atoms with Crippen LogP contribution in [-0.2, 0) is 9.84 Å². The van der Waals surface area contributed by atoms with Gasteiger partial charge in [0.1, 0.15) is 16.7 Å². The highest BCUT2D eigenvalue weighted by molar-refractivity contribution is 7.91. The predicted octanol–water partition coefficient (Wildman–Crippen LogP) is 4.10. The number of rotatable bonds is 9. The fraction of sp³-hybridized carbons (Fsp3) is 0.227. The van der Waals surface area contributed by atoms with E-state index in [1.165, 1.54) is 30.6 Å². The van der Waals surface area contributed by atoms with E-state index >= 15 is 0 Å². The van der Waals surface area contributed by atoms with E-state index in [9.17, 15) is 13.2 Å². The molecule has 1 amide bonds. The van der Waals surface area contributed by atoms with Crippen molar-refractivity contribution in [1.82, 2.24) is 5.32 Å². The summed E-state index contributed by atoms with van der Waals surface area (Å²) in [6, 6.07) is 16.5.